The number of nitrogens with zero attached hydrogens (tertiary/aromatic N) is 2. The van der Waals surface area contributed by atoms with Crippen molar-refractivity contribution in [1.82, 2.24) is 5.43 Å². The number of amides is 2. The molecule has 0 aliphatic carbocycles. The van der Waals surface area contributed by atoms with Crippen molar-refractivity contribution < 1.29 is 28.8 Å². The number of hydrazone groups is 1. The average molecular weight is 346 g/mol. The molecule has 25 heavy (non-hydrogen) atoms. The van der Waals surface area contributed by atoms with Crippen molar-refractivity contribution in [2.75, 3.05) is 5.32 Å². The number of carbonyl (C=O) groups excluding carboxylic acids is 2. The number of furan rings is 1. The van der Waals surface area contributed by atoms with Crippen molar-refractivity contribution in [3.05, 3.63) is 57.8 Å². The summed E-state index contributed by atoms with van der Waals surface area (Å²) in [5.41, 5.74) is 2.16. The van der Waals surface area contributed by atoms with Crippen LogP contribution in [0.15, 0.2) is 45.9 Å². The highest BCUT2D eigenvalue weighted by Crippen LogP contribution is 2.13. The topological polar surface area (TPSA) is 164 Å². The fraction of sp³-hybridized carbons (Fsp3) is 0. The second-order valence-electron chi connectivity index (χ2n) is 4.47. The predicted octanol–water partition coefficient (Wildman–Crippen LogP) is 0.975. The summed E-state index contributed by atoms with van der Waals surface area (Å²) < 4.78 is 4.77. The van der Waals surface area contributed by atoms with Crippen LogP contribution in [0.1, 0.15) is 16.1 Å². The number of hydrogen-bond acceptors (Lipinski definition) is 7. The lowest BCUT2D eigenvalue weighted by molar-refractivity contribution is -0.402. The van der Waals surface area contributed by atoms with Crippen molar-refractivity contribution in [3.8, 4) is 0 Å². The highest BCUT2D eigenvalue weighted by molar-refractivity contribution is 6.39. The monoisotopic (exact) mass is 346 g/mol. The van der Waals surface area contributed by atoms with Crippen LogP contribution in [0, 0.1) is 10.1 Å². The molecule has 0 radical (unpaired) electrons. The Bertz CT molecular complexity index is 854. The summed E-state index contributed by atoms with van der Waals surface area (Å²) in [4.78, 5) is 43.6. The van der Waals surface area contributed by atoms with Crippen LogP contribution in [-0.4, -0.2) is 34.0 Å². The molecule has 0 fully saturated rings. The van der Waals surface area contributed by atoms with Crippen LogP contribution in [0.4, 0.5) is 11.6 Å². The first kappa shape index (κ1) is 17.3. The lowest BCUT2D eigenvalue weighted by atomic mass is 10.2. The zero-order valence-corrected chi connectivity index (χ0v) is 12.3. The summed E-state index contributed by atoms with van der Waals surface area (Å²) in [5, 5.41) is 24.9. The quantitative estimate of drug-likeness (QED) is 0.314. The van der Waals surface area contributed by atoms with E-state index in [1.165, 1.54) is 30.3 Å². The zero-order valence-electron chi connectivity index (χ0n) is 12.3. The van der Waals surface area contributed by atoms with Crippen LogP contribution in [0.3, 0.4) is 0 Å². The first-order valence-electron chi connectivity index (χ1n) is 6.59. The van der Waals surface area contributed by atoms with Gasteiger partial charge in [0.25, 0.3) is 0 Å². The molecule has 1 aromatic carbocycles. The Kier molecular flexibility index (Phi) is 5.20. The van der Waals surface area contributed by atoms with Crippen molar-refractivity contribution in [2.45, 2.75) is 0 Å². The number of benzene rings is 1. The van der Waals surface area contributed by atoms with Crippen molar-refractivity contribution in [2.24, 2.45) is 5.10 Å². The maximum atomic E-state index is 11.6. The van der Waals surface area contributed by atoms with E-state index < -0.39 is 28.6 Å². The Labute approximate surface area is 139 Å². The molecule has 0 spiro atoms. The normalized spacial score (nSPS) is 10.4. The SMILES string of the molecule is O=C(NN=Cc1ccc([N+](=O)[O-])o1)C(=O)Nc1ccc(C(=O)O)cc1. The predicted molar refractivity (Wildman–Crippen MR) is 83.1 cm³/mol. The van der Waals surface area contributed by atoms with Gasteiger partial charge in [-0.15, -0.1) is 0 Å². The minimum Gasteiger partial charge on any atom is -0.478 e. The molecule has 0 saturated carbocycles. The molecule has 0 aliphatic heterocycles. The largest absolute Gasteiger partial charge is 0.478 e. The van der Waals surface area contributed by atoms with Crippen LogP contribution in [0.25, 0.3) is 0 Å². The first-order valence-corrected chi connectivity index (χ1v) is 6.59. The molecule has 128 valence electrons. The van der Waals surface area contributed by atoms with Gasteiger partial charge in [-0.1, -0.05) is 0 Å². The third-order valence-electron chi connectivity index (χ3n) is 2.75. The summed E-state index contributed by atoms with van der Waals surface area (Å²) >= 11 is 0. The van der Waals surface area contributed by atoms with Crippen molar-refractivity contribution >= 4 is 35.6 Å². The molecular formula is C14H10N4O7. The van der Waals surface area contributed by atoms with E-state index in [1.807, 2.05) is 5.43 Å². The average Bonchev–Trinajstić information content (AvgIpc) is 3.04. The van der Waals surface area contributed by atoms with Crippen LogP contribution in [-0.2, 0) is 9.59 Å². The highest BCUT2D eigenvalue weighted by Gasteiger charge is 2.14. The lowest BCUT2D eigenvalue weighted by Gasteiger charge is -2.04. The van der Waals surface area contributed by atoms with E-state index in [1.54, 1.807) is 0 Å². The van der Waals surface area contributed by atoms with Gasteiger partial charge in [0, 0.05) is 5.69 Å². The number of aromatic carboxylic acids is 1. The number of carbonyl (C=O) groups is 3. The van der Waals surface area contributed by atoms with E-state index in [2.05, 4.69) is 10.4 Å². The molecule has 0 unspecified atom stereocenters. The molecular weight excluding hydrogens is 336 g/mol. The smallest absolute Gasteiger partial charge is 0.433 e. The van der Waals surface area contributed by atoms with Gasteiger partial charge in [0.15, 0.2) is 5.76 Å². The number of carboxylic acid groups (broad SMARTS) is 1. The van der Waals surface area contributed by atoms with Crippen molar-refractivity contribution in [3.63, 3.8) is 0 Å². The Hall–Kier alpha value is -4.02. The second-order valence-corrected chi connectivity index (χ2v) is 4.47. The molecule has 2 amide bonds. The summed E-state index contributed by atoms with van der Waals surface area (Å²) in [7, 11) is 0. The van der Waals surface area contributed by atoms with Crippen molar-refractivity contribution in [1.29, 1.82) is 0 Å². The molecule has 11 heteroatoms. The van der Waals surface area contributed by atoms with Gasteiger partial charge in [-0.25, -0.2) is 10.2 Å². The number of anilines is 1. The summed E-state index contributed by atoms with van der Waals surface area (Å²) in [5.74, 6) is -3.74. The zero-order chi connectivity index (χ0) is 18.4. The van der Waals surface area contributed by atoms with Gasteiger partial charge in [-0.05, 0) is 30.3 Å². The van der Waals surface area contributed by atoms with Crippen LogP contribution in [0.5, 0.6) is 0 Å². The fourth-order valence-corrected chi connectivity index (χ4v) is 1.60. The second kappa shape index (κ2) is 7.50. The molecule has 0 aliphatic rings. The van der Waals surface area contributed by atoms with E-state index in [4.69, 9.17) is 9.52 Å². The Morgan fingerprint density at radius 3 is 2.36 bits per heavy atom. The molecule has 2 aromatic rings. The van der Waals surface area contributed by atoms with E-state index in [0.29, 0.717) is 0 Å². The van der Waals surface area contributed by atoms with Gasteiger partial charge in [0.05, 0.1) is 17.8 Å². The van der Waals surface area contributed by atoms with Gasteiger partial charge in [-0.3, -0.25) is 19.7 Å². The fourth-order valence-electron chi connectivity index (χ4n) is 1.60. The molecule has 0 bridgehead atoms. The summed E-state index contributed by atoms with van der Waals surface area (Å²) in [6, 6.07) is 7.53. The Balaban J connectivity index is 1.89. The Morgan fingerprint density at radius 1 is 1.12 bits per heavy atom. The third-order valence-corrected chi connectivity index (χ3v) is 2.75. The van der Waals surface area contributed by atoms with Crippen LogP contribution < -0.4 is 10.7 Å². The lowest BCUT2D eigenvalue weighted by Crippen LogP contribution is -2.32. The van der Waals surface area contributed by atoms with Gasteiger partial charge in [-0.2, -0.15) is 5.10 Å². The summed E-state index contributed by atoms with van der Waals surface area (Å²) in [6.07, 6.45) is 0.986. The van der Waals surface area contributed by atoms with Gasteiger partial charge in [0.2, 0.25) is 0 Å². The van der Waals surface area contributed by atoms with Gasteiger partial charge in [0.1, 0.15) is 4.92 Å². The van der Waals surface area contributed by atoms with Crippen LogP contribution >= 0.6 is 0 Å². The van der Waals surface area contributed by atoms with Gasteiger partial charge < -0.3 is 14.8 Å². The number of rotatable bonds is 5. The molecule has 11 nitrogen and oxygen atoms in total. The van der Waals surface area contributed by atoms with Crippen LogP contribution in [0.2, 0.25) is 0 Å². The minimum absolute atomic E-state index is 0.0108. The standard InChI is InChI=1S/C14H10N4O7/c19-12(16-9-3-1-8(2-4-9)14(21)22)13(20)17-15-7-10-5-6-11(25-10)18(23)24/h1-7H,(H,16,19)(H,17,20)(H,21,22). The van der Waals surface area contributed by atoms with E-state index in [0.717, 1.165) is 12.3 Å². The molecule has 1 aromatic heterocycles. The van der Waals surface area contributed by atoms with E-state index >= 15 is 0 Å². The number of hydrogen-bond donors (Lipinski definition) is 3. The summed E-state index contributed by atoms with van der Waals surface area (Å²) in [6.45, 7) is 0. The molecule has 2 rings (SSSR count). The maximum Gasteiger partial charge on any atom is 0.433 e. The first-order chi connectivity index (χ1) is 11.9. The van der Waals surface area contributed by atoms with E-state index in [9.17, 15) is 24.5 Å². The maximum absolute atomic E-state index is 11.6. The molecule has 0 atom stereocenters. The number of nitro groups is 1. The third kappa shape index (κ3) is 4.72. The van der Waals surface area contributed by atoms with Gasteiger partial charge >= 0.3 is 23.7 Å². The number of nitrogens with one attached hydrogen (secondary N) is 2. The molecule has 0 saturated heterocycles. The van der Waals surface area contributed by atoms with E-state index in [-0.39, 0.29) is 17.0 Å². The minimum atomic E-state index is -1.12. The molecule has 1 heterocycles. The highest BCUT2D eigenvalue weighted by atomic mass is 16.6. The number of carboxylic acids is 1. The molecule has 3 N–H and O–H groups in total. The Morgan fingerprint density at radius 2 is 1.80 bits per heavy atom.